The summed E-state index contributed by atoms with van der Waals surface area (Å²) >= 11 is 0. The Morgan fingerprint density at radius 1 is 1.29 bits per heavy atom. The van der Waals surface area contributed by atoms with E-state index in [2.05, 4.69) is 0 Å². The zero-order valence-electron chi connectivity index (χ0n) is 8.36. The van der Waals surface area contributed by atoms with Gasteiger partial charge in [0.1, 0.15) is 0 Å². The molecule has 1 aromatic rings. The van der Waals surface area contributed by atoms with Crippen molar-refractivity contribution < 1.29 is 24.7 Å². The molecule has 0 amide bonds. The van der Waals surface area contributed by atoms with Gasteiger partial charge in [-0.2, -0.15) is 0 Å². The molecule has 0 saturated carbocycles. The van der Waals surface area contributed by atoms with E-state index in [9.17, 15) is 19.7 Å². The average molecular weight is 240 g/mol. The quantitative estimate of drug-likeness (QED) is 0.299. The molecule has 0 unspecified atom stereocenters. The molecule has 0 atom stereocenters. The van der Waals surface area contributed by atoms with E-state index in [1.54, 1.807) is 0 Å². The number of nitrogen functional groups attached to an aromatic ring is 1. The van der Waals surface area contributed by atoms with Gasteiger partial charge in [-0.1, -0.05) is 0 Å². The van der Waals surface area contributed by atoms with Crippen molar-refractivity contribution in [2.45, 2.75) is 5.92 Å². The number of carbonyl (C=O) groups is 2. The number of aliphatic carboxylic acids is 2. The van der Waals surface area contributed by atoms with Crippen molar-refractivity contribution >= 4 is 23.3 Å². The number of carboxylic acids is 2. The Hall–Kier alpha value is -2.64. The summed E-state index contributed by atoms with van der Waals surface area (Å²) in [4.78, 5) is 31.4. The SMILES string of the molecule is Nc1ccc(C(C(=O)O)C(=O)O)c([N+](=O)[O-])c1. The lowest BCUT2D eigenvalue weighted by Crippen LogP contribution is -2.22. The zero-order valence-corrected chi connectivity index (χ0v) is 8.36. The van der Waals surface area contributed by atoms with Crippen molar-refractivity contribution in [3.8, 4) is 0 Å². The van der Waals surface area contributed by atoms with Crippen molar-refractivity contribution in [3.05, 3.63) is 33.9 Å². The van der Waals surface area contributed by atoms with E-state index in [1.807, 2.05) is 0 Å². The minimum Gasteiger partial charge on any atom is -0.480 e. The highest BCUT2D eigenvalue weighted by Crippen LogP contribution is 2.29. The number of anilines is 1. The first kappa shape index (κ1) is 12.4. The molecule has 8 heteroatoms. The van der Waals surface area contributed by atoms with Gasteiger partial charge in [-0.15, -0.1) is 0 Å². The van der Waals surface area contributed by atoms with Gasteiger partial charge in [0, 0.05) is 11.8 Å². The topological polar surface area (TPSA) is 144 Å². The standard InChI is InChI=1S/C9H8N2O6/c10-4-1-2-5(6(3-4)11(16)17)7(8(12)13)9(14)15/h1-3,7H,10H2,(H,12,13)(H,14,15). The largest absolute Gasteiger partial charge is 0.480 e. The molecule has 0 aromatic heterocycles. The number of hydrogen-bond acceptors (Lipinski definition) is 5. The van der Waals surface area contributed by atoms with Crippen molar-refractivity contribution in [3.63, 3.8) is 0 Å². The molecule has 1 rings (SSSR count). The van der Waals surface area contributed by atoms with Crippen LogP contribution in [0, 0.1) is 10.1 Å². The first-order valence-electron chi connectivity index (χ1n) is 4.34. The lowest BCUT2D eigenvalue weighted by molar-refractivity contribution is -0.385. The van der Waals surface area contributed by atoms with Gasteiger partial charge in [0.25, 0.3) is 5.69 Å². The third-order valence-electron chi connectivity index (χ3n) is 2.06. The predicted molar refractivity (Wildman–Crippen MR) is 55.5 cm³/mol. The molecule has 0 aliphatic heterocycles. The Morgan fingerprint density at radius 2 is 1.82 bits per heavy atom. The van der Waals surface area contributed by atoms with Gasteiger partial charge in [-0.3, -0.25) is 19.7 Å². The molecule has 0 heterocycles. The Kier molecular flexibility index (Phi) is 3.27. The summed E-state index contributed by atoms with van der Waals surface area (Å²) in [7, 11) is 0. The highest BCUT2D eigenvalue weighted by atomic mass is 16.6. The van der Waals surface area contributed by atoms with E-state index in [0.717, 1.165) is 12.1 Å². The summed E-state index contributed by atoms with van der Waals surface area (Å²) in [6.07, 6.45) is 0. The van der Waals surface area contributed by atoms with E-state index in [1.165, 1.54) is 6.07 Å². The van der Waals surface area contributed by atoms with Gasteiger partial charge in [0.05, 0.1) is 10.5 Å². The molecule has 90 valence electrons. The van der Waals surface area contributed by atoms with Crippen LogP contribution in [0.15, 0.2) is 18.2 Å². The van der Waals surface area contributed by atoms with Crippen LogP contribution in [0.5, 0.6) is 0 Å². The van der Waals surface area contributed by atoms with Crippen molar-refractivity contribution in [2.75, 3.05) is 5.73 Å². The maximum atomic E-state index is 10.8. The molecule has 0 saturated heterocycles. The maximum Gasteiger partial charge on any atom is 0.322 e. The first-order valence-corrected chi connectivity index (χ1v) is 4.34. The molecular weight excluding hydrogens is 232 g/mol. The lowest BCUT2D eigenvalue weighted by atomic mass is 9.97. The van der Waals surface area contributed by atoms with Crippen LogP contribution in [0.3, 0.4) is 0 Å². The van der Waals surface area contributed by atoms with E-state index in [0.29, 0.717) is 0 Å². The van der Waals surface area contributed by atoms with Crippen molar-refractivity contribution in [2.24, 2.45) is 0 Å². The van der Waals surface area contributed by atoms with Crippen LogP contribution < -0.4 is 5.73 Å². The van der Waals surface area contributed by atoms with Gasteiger partial charge >= 0.3 is 11.9 Å². The Labute approximate surface area is 94.4 Å². The third kappa shape index (κ3) is 2.48. The number of carboxylic acid groups (broad SMARTS) is 2. The number of hydrogen-bond donors (Lipinski definition) is 3. The number of nitrogens with zero attached hydrogens (tertiary/aromatic N) is 1. The third-order valence-corrected chi connectivity index (χ3v) is 2.06. The summed E-state index contributed by atoms with van der Waals surface area (Å²) in [6.45, 7) is 0. The summed E-state index contributed by atoms with van der Waals surface area (Å²) in [6, 6.07) is 3.16. The van der Waals surface area contributed by atoms with Gasteiger partial charge in [-0.25, -0.2) is 0 Å². The number of nitrogens with two attached hydrogens (primary N) is 1. The van der Waals surface area contributed by atoms with Crippen LogP contribution >= 0.6 is 0 Å². The van der Waals surface area contributed by atoms with E-state index >= 15 is 0 Å². The molecular formula is C9H8N2O6. The van der Waals surface area contributed by atoms with Crippen LogP contribution in [-0.4, -0.2) is 27.1 Å². The summed E-state index contributed by atoms with van der Waals surface area (Å²) in [5, 5.41) is 28.2. The van der Waals surface area contributed by atoms with Crippen molar-refractivity contribution in [1.29, 1.82) is 0 Å². The molecule has 0 spiro atoms. The minimum absolute atomic E-state index is 0.0509. The summed E-state index contributed by atoms with van der Waals surface area (Å²) < 4.78 is 0. The molecule has 0 fully saturated rings. The van der Waals surface area contributed by atoms with E-state index in [-0.39, 0.29) is 5.69 Å². The Bertz CT molecular complexity index is 484. The smallest absolute Gasteiger partial charge is 0.322 e. The van der Waals surface area contributed by atoms with Crippen LogP contribution in [-0.2, 0) is 9.59 Å². The molecule has 0 aliphatic rings. The van der Waals surface area contributed by atoms with Gasteiger partial charge in [0.2, 0.25) is 0 Å². The van der Waals surface area contributed by atoms with Crippen LogP contribution in [0.25, 0.3) is 0 Å². The second-order valence-electron chi connectivity index (χ2n) is 3.18. The van der Waals surface area contributed by atoms with Crippen LogP contribution in [0.1, 0.15) is 11.5 Å². The average Bonchev–Trinajstić information content (AvgIpc) is 2.19. The number of nitro groups is 1. The molecule has 4 N–H and O–H groups in total. The molecule has 0 bridgehead atoms. The second-order valence-corrected chi connectivity index (χ2v) is 3.18. The molecule has 0 radical (unpaired) electrons. The van der Waals surface area contributed by atoms with E-state index < -0.39 is 34.0 Å². The molecule has 0 aliphatic carbocycles. The van der Waals surface area contributed by atoms with Crippen LogP contribution in [0.2, 0.25) is 0 Å². The number of rotatable bonds is 4. The fraction of sp³-hybridized carbons (Fsp3) is 0.111. The normalized spacial score (nSPS) is 10.2. The molecule has 1 aromatic carbocycles. The Morgan fingerprint density at radius 3 is 2.24 bits per heavy atom. The first-order chi connectivity index (χ1) is 7.84. The fourth-order valence-electron chi connectivity index (χ4n) is 1.33. The number of benzene rings is 1. The van der Waals surface area contributed by atoms with Crippen LogP contribution in [0.4, 0.5) is 11.4 Å². The molecule has 8 nitrogen and oxygen atoms in total. The summed E-state index contributed by atoms with van der Waals surface area (Å²) in [5.41, 5.74) is 4.33. The van der Waals surface area contributed by atoms with Gasteiger partial charge < -0.3 is 15.9 Å². The summed E-state index contributed by atoms with van der Waals surface area (Å²) in [5.74, 6) is -5.34. The van der Waals surface area contributed by atoms with E-state index in [4.69, 9.17) is 15.9 Å². The zero-order chi connectivity index (χ0) is 13.2. The number of nitro benzene ring substituents is 1. The Balaban J connectivity index is 3.43. The fourth-order valence-corrected chi connectivity index (χ4v) is 1.33. The predicted octanol–water partition coefficient (Wildman–Crippen LogP) is 0.430. The van der Waals surface area contributed by atoms with Gasteiger partial charge in [-0.05, 0) is 12.1 Å². The van der Waals surface area contributed by atoms with Crippen molar-refractivity contribution in [1.82, 2.24) is 0 Å². The second kappa shape index (κ2) is 4.47. The van der Waals surface area contributed by atoms with Gasteiger partial charge in [0.15, 0.2) is 5.92 Å². The highest BCUT2D eigenvalue weighted by molar-refractivity contribution is 6.00. The highest BCUT2D eigenvalue weighted by Gasteiger charge is 2.34. The monoisotopic (exact) mass is 240 g/mol. The molecule has 17 heavy (non-hydrogen) atoms. The minimum atomic E-state index is -1.99. The lowest BCUT2D eigenvalue weighted by Gasteiger charge is -2.08. The maximum absolute atomic E-state index is 10.8.